The summed E-state index contributed by atoms with van der Waals surface area (Å²) in [6, 6.07) is 3.99. The van der Waals surface area contributed by atoms with E-state index < -0.39 is 0 Å². The first kappa shape index (κ1) is 17.5. The van der Waals surface area contributed by atoms with Crippen LogP contribution in [0.4, 0.5) is 5.69 Å². The van der Waals surface area contributed by atoms with Crippen LogP contribution < -0.4 is 10.6 Å². The highest BCUT2D eigenvalue weighted by Gasteiger charge is 2.22. The number of rotatable bonds is 7. The number of aromatic nitrogens is 4. The smallest absolute Gasteiger partial charge is 0.255 e. The number of pyridine rings is 2. The normalized spacial score (nSPS) is 13.9. The van der Waals surface area contributed by atoms with Gasteiger partial charge in [-0.05, 0) is 38.3 Å². The van der Waals surface area contributed by atoms with Crippen LogP contribution in [0.2, 0.25) is 0 Å². The molecule has 0 aromatic carbocycles. The van der Waals surface area contributed by atoms with Gasteiger partial charge in [-0.3, -0.25) is 14.9 Å². The van der Waals surface area contributed by atoms with Crippen LogP contribution in [-0.2, 0) is 0 Å². The van der Waals surface area contributed by atoms with Crippen LogP contribution in [0.3, 0.4) is 0 Å². The Hall–Kier alpha value is -2.96. The highest BCUT2D eigenvalue weighted by Crippen LogP contribution is 2.32. The molecule has 1 amide bonds. The molecule has 1 saturated carbocycles. The molecular formula is C20H24N6O. The summed E-state index contributed by atoms with van der Waals surface area (Å²) in [5.41, 5.74) is 4.38. The molecule has 7 heteroatoms. The molecule has 0 saturated heterocycles. The molecule has 1 aliphatic carbocycles. The van der Waals surface area contributed by atoms with Crippen molar-refractivity contribution in [2.75, 3.05) is 11.9 Å². The first-order valence-electron chi connectivity index (χ1n) is 9.45. The van der Waals surface area contributed by atoms with Gasteiger partial charge in [0.2, 0.25) is 0 Å². The van der Waals surface area contributed by atoms with E-state index in [1.54, 1.807) is 18.6 Å². The zero-order valence-electron chi connectivity index (χ0n) is 15.6. The number of aromatic amines is 1. The van der Waals surface area contributed by atoms with Crippen molar-refractivity contribution < 1.29 is 4.79 Å². The minimum atomic E-state index is -0.108. The van der Waals surface area contributed by atoms with E-state index in [-0.39, 0.29) is 11.9 Å². The fraction of sp³-hybridized carbons (Fsp3) is 0.400. The Morgan fingerprint density at radius 2 is 2.15 bits per heavy atom. The summed E-state index contributed by atoms with van der Waals surface area (Å²) in [6.07, 6.45) is 8.78. The topological polar surface area (TPSA) is 95.6 Å². The van der Waals surface area contributed by atoms with E-state index in [4.69, 9.17) is 4.98 Å². The molecule has 3 N–H and O–H groups in total. The minimum absolute atomic E-state index is 0.108. The molecule has 1 aliphatic rings. The van der Waals surface area contributed by atoms with Crippen LogP contribution in [-0.4, -0.2) is 38.7 Å². The fourth-order valence-electron chi connectivity index (χ4n) is 3.12. The van der Waals surface area contributed by atoms with Crippen molar-refractivity contribution in [1.29, 1.82) is 0 Å². The molecule has 0 unspecified atom stereocenters. The number of fused-ring (bicyclic) bond motifs is 1. The summed E-state index contributed by atoms with van der Waals surface area (Å²) in [6.45, 7) is 4.78. The number of carbonyl (C=O) groups excluding carboxylic acids is 1. The molecule has 3 aromatic heterocycles. The molecule has 1 fully saturated rings. The van der Waals surface area contributed by atoms with Gasteiger partial charge in [0.15, 0.2) is 0 Å². The maximum absolute atomic E-state index is 12.8. The predicted octanol–water partition coefficient (Wildman–Crippen LogP) is 3.37. The van der Waals surface area contributed by atoms with Crippen LogP contribution in [0.5, 0.6) is 0 Å². The molecule has 27 heavy (non-hydrogen) atoms. The monoisotopic (exact) mass is 364 g/mol. The number of hydrogen-bond donors (Lipinski definition) is 3. The van der Waals surface area contributed by atoms with Gasteiger partial charge in [-0.15, -0.1) is 0 Å². The molecule has 140 valence electrons. The average molecular weight is 364 g/mol. The molecule has 0 spiro atoms. The third-order valence-corrected chi connectivity index (χ3v) is 4.72. The van der Waals surface area contributed by atoms with Crippen molar-refractivity contribution in [1.82, 2.24) is 25.5 Å². The Labute approximate surface area is 158 Å². The van der Waals surface area contributed by atoms with Gasteiger partial charge in [0.25, 0.3) is 5.91 Å². The van der Waals surface area contributed by atoms with Crippen molar-refractivity contribution in [3.8, 4) is 11.3 Å². The molecule has 0 bridgehead atoms. The third-order valence-electron chi connectivity index (χ3n) is 4.72. The van der Waals surface area contributed by atoms with Crippen LogP contribution >= 0.6 is 0 Å². The minimum Gasteiger partial charge on any atom is -0.380 e. The largest absolute Gasteiger partial charge is 0.380 e. The Morgan fingerprint density at radius 1 is 1.30 bits per heavy atom. The lowest BCUT2D eigenvalue weighted by molar-refractivity contribution is 0.0953. The van der Waals surface area contributed by atoms with Crippen molar-refractivity contribution in [2.24, 2.45) is 5.92 Å². The third kappa shape index (κ3) is 3.92. The zero-order chi connectivity index (χ0) is 18.8. The van der Waals surface area contributed by atoms with Crippen LogP contribution in [0.1, 0.15) is 43.5 Å². The average Bonchev–Trinajstić information content (AvgIpc) is 3.31. The second-order valence-electron chi connectivity index (χ2n) is 7.39. The van der Waals surface area contributed by atoms with E-state index in [2.05, 4.69) is 25.8 Å². The number of anilines is 1. The van der Waals surface area contributed by atoms with Crippen molar-refractivity contribution in [3.63, 3.8) is 0 Å². The SMILES string of the molecule is CC(C)Nc1c(C(=O)NCCC2CC2)cnc2ccc(-c3cn[nH]c3)nc12. The standard InChI is InChI=1S/C20H24N6O/c1-12(2)25-18-15(20(27)21-8-7-13-3-4-13)11-22-17-6-5-16(26-19(17)18)14-9-23-24-10-14/h5-6,9-13H,3-4,7-8H2,1-2H3,(H,21,27)(H,22,25)(H,23,24). The maximum Gasteiger partial charge on any atom is 0.255 e. The van der Waals surface area contributed by atoms with E-state index in [0.717, 1.165) is 34.8 Å². The summed E-state index contributed by atoms with van der Waals surface area (Å²) in [5, 5.41) is 13.2. The zero-order valence-corrected chi connectivity index (χ0v) is 15.6. The molecular weight excluding hydrogens is 340 g/mol. The van der Waals surface area contributed by atoms with Crippen molar-refractivity contribution in [2.45, 2.75) is 39.2 Å². The first-order chi connectivity index (χ1) is 13.1. The Bertz CT molecular complexity index is 947. The lowest BCUT2D eigenvalue weighted by Crippen LogP contribution is -2.27. The Morgan fingerprint density at radius 3 is 2.85 bits per heavy atom. The number of hydrogen-bond acceptors (Lipinski definition) is 5. The summed E-state index contributed by atoms with van der Waals surface area (Å²) in [4.78, 5) is 22.0. The quantitative estimate of drug-likeness (QED) is 0.597. The van der Waals surface area contributed by atoms with Crippen LogP contribution in [0.15, 0.2) is 30.7 Å². The van der Waals surface area contributed by atoms with E-state index in [1.165, 1.54) is 12.8 Å². The van der Waals surface area contributed by atoms with Gasteiger partial charge >= 0.3 is 0 Å². The highest BCUT2D eigenvalue weighted by molar-refractivity contribution is 6.06. The second-order valence-corrected chi connectivity index (χ2v) is 7.39. The van der Waals surface area contributed by atoms with E-state index >= 15 is 0 Å². The molecule has 3 heterocycles. The highest BCUT2D eigenvalue weighted by atomic mass is 16.1. The summed E-state index contributed by atoms with van der Waals surface area (Å²) in [7, 11) is 0. The summed E-state index contributed by atoms with van der Waals surface area (Å²) >= 11 is 0. The number of H-pyrrole nitrogens is 1. The van der Waals surface area contributed by atoms with Crippen molar-refractivity contribution in [3.05, 3.63) is 36.3 Å². The number of nitrogens with one attached hydrogen (secondary N) is 3. The van der Waals surface area contributed by atoms with Crippen LogP contribution in [0.25, 0.3) is 22.3 Å². The van der Waals surface area contributed by atoms with Gasteiger partial charge in [-0.2, -0.15) is 5.10 Å². The maximum atomic E-state index is 12.8. The van der Waals surface area contributed by atoms with Gasteiger partial charge in [0.1, 0.15) is 5.52 Å². The first-order valence-corrected chi connectivity index (χ1v) is 9.45. The Kier molecular flexibility index (Phi) is 4.75. The summed E-state index contributed by atoms with van der Waals surface area (Å²) < 4.78 is 0. The molecule has 0 aliphatic heterocycles. The second kappa shape index (κ2) is 7.34. The molecule has 7 nitrogen and oxygen atoms in total. The number of carbonyl (C=O) groups is 1. The molecule has 4 rings (SSSR count). The molecule has 3 aromatic rings. The summed E-state index contributed by atoms with van der Waals surface area (Å²) in [5.74, 6) is 0.677. The van der Waals surface area contributed by atoms with Gasteiger partial charge in [0.05, 0.1) is 28.7 Å². The fourth-order valence-corrected chi connectivity index (χ4v) is 3.12. The van der Waals surface area contributed by atoms with Gasteiger partial charge in [0, 0.05) is 30.5 Å². The predicted molar refractivity (Wildman–Crippen MR) is 106 cm³/mol. The van der Waals surface area contributed by atoms with E-state index in [0.29, 0.717) is 17.6 Å². The van der Waals surface area contributed by atoms with E-state index in [9.17, 15) is 4.79 Å². The number of amides is 1. The Balaban J connectivity index is 1.71. The van der Waals surface area contributed by atoms with Crippen molar-refractivity contribution >= 4 is 22.6 Å². The van der Waals surface area contributed by atoms with Crippen LogP contribution in [0, 0.1) is 5.92 Å². The van der Waals surface area contributed by atoms with Gasteiger partial charge in [-0.25, -0.2) is 4.98 Å². The number of nitrogens with zero attached hydrogens (tertiary/aromatic N) is 3. The van der Waals surface area contributed by atoms with E-state index in [1.807, 2.05) is 26.0 Å². The van der Waals surface area contributed by atoms with Gasteiger partial charge < -0.3 is 10.6 Å². The molecule has 0 radical (unpaired) electrons. The van der Waals surface area contributed by atoms with Gasteiger partial charge in [-0.1, -0.05) is 12.8 Å². The lowest BCUT2D eigenvalue weighted by Gasteiger charge is -2.17. The molecule has 0 atom stereocenters. The lowest BCUT2D eigenvalue weighted by atomic mass is 10.1.